The SMILES string of the molecule is Cc1cc(-c2cn(CCNC(C)C)c(C3CCN(c4ncnc(N)c4C#N)CC3)n2)ccc1F. The minimum Gasteiger partial charge on any atom is -0.382 e. The average molecular weight is 463 g/mol. The number of nitrogens with zero attached hydrogens (tertiary/aromatic N) is 6. The summed E-state index contributed by atoms with van der Waals surface area (Å²) < 4.78 is 16.0. The number of hydrogen-bond acceptors (Lipinski definition) is 7. The van der Waals surface area contributed by atoms with Crippen LogP contribution < -0.4 is 16.0 Å². The largest absolute Gasteiger partial charge is 0.382 e. The molecule has 4 rings (SSSR count). The van der Waals surface area contributed by atoms with Crippen molar-refractivity contribution in [2.45, 2.75) is 52.1 Å². The maximum absolute atomic E-state index is 13.8. The predicted octanol–water partition coefficient (Wildman–Crippen LogP) is 3.62. The number of nitrogens with two attached hydrogens (primary N) is 1. The van der Waals surface area contributed by atoms with Gasteiger partial charge in [0.15, 0.2) is 5.82 Å². The zero-order valence-corrected chi connectivity index (χ0v) is 19.9. The normalized spacial score (nSPS) is 14.5. The summed E-state index contributed by atoms with van der Waals surface area (Å²) in [5.74, 6) is 1.92. The molecule has 1 aromatic carbocycles. The molecule has 0 unspecified atom stereocenters. The van der Waals surface area contributed by atoms with Gasteiger partial charge in [-0.3, -0.25) is 0 Å². The van der Waals surface area contributed by atoms with Gasteiger partial charge in [-0.25, -0.2) is 19.3 Å². The third kappa shape index (κ3) is 5.02. The first-order chi connectivity index (χ1) is 16.4. The summed E-state index contributed by atoms with van der Waals surface area (Å²) in [6.45, 7) is 9.18. The molecule has 3 aromatic rings. The number of benzene rings is 1. The number of aromatic nitrogens is 4. The van der Waals surface area contributed by atoms with E-state index in [1.54, 1.807) is 13.0 Å². The number of anilines is 2. The Kier molecular flexibility index (Phi) is 7.08. The molecule has 2 aromatic heterocycles. The van der Waals surface area contributed by atoms with Crippen molar-refractivity contribution in [1.29, 1.82) is 5.26 Å². The average Bonchev–Trinajstić information content (AvgIpc) is 3.24. The number of rotatable bonds is 7. The van der Waals surface area contributed by atoms with Crippen molar-refractivity contribution in [3.05, 3.63) is 53.5 Å². The maximum Gasteiger partial charge on any atom is 0.152 e. The molecular formula is C25H31FN8. The highest BCUT2D eigenvalue weighted by atomic mass is 19.1. The summed E-state index contributed by atoms with van der Waals surface area (Å²) in [7, 11) is 0. The summed E-state index contributed by atoms with van der Waals surface area (Å²) in [6.07, 6.45) is 5.24. The van der Waals surface area contributed by atoms with E-state index in [4.69, 9.17) is 10.7 Å². The van der Waals surface area contributed by atoms with Crippen LogP contribution in [0.1, 0.15) is 49.6 Å². The smallest absolute Gasteiger partial charge is 0.152 e. The van der Waals surface area contributed by atoms with E-state index in [0.29, 0.717) is 23.0 Å². The van der Waals surface area contributed by atoms with E-state index < -0.39 is 0 Å². The molecule has 9 heteroatoms. The molecule has 0 amide bonds. The van der Waals surface area contributed by atoms with Crippen LogP contribution in [0.4, 0.5) is 16.0 Å². The van der Waals surface area contributed by atoms with Crippen LogP contribution in [-0.2, 0) is 6.54 Å². The van der Waals surface area contributed by atoms with Gasteiger partial charge in [-0.1, -0.05) is 13.8 Å². The highest BCUT2D eigenvalue weighted by molar-refractivity contribution is 5.63. The zero-order chi connectivity index (χ0) is 24.2. The highest BCUT2D eigenvalue weighted by Crippen LogP contribution is 2.33. The molecule has 178 valence electrons. The standard InChI is InChI=1S/C25H31FN8/c1-16(2)29-8-11-34-14-22(19-4-5-21(26)17(3)12-19)32-24(34)18-6-9-33(10-7-18)25-20(13-27)23(28)30-15-31-25/h4-5,12,14-16,18,29H,6-11H2,1-3H3,(H2,28,30,31). The summed E-state index contributed by atoms with van der Waals surface area (Å²) in [6, 6.07) is 7.68. The number of nitriles is 1. The fourth-order valence-corrected chi connectivity index (χ4v) is 4.44. The van der Waals surface area contributed by atoms with Gasteiger partial charge in [0.05, 0.1) is 5.69 Å². The lowest BCUT2D eigenvalue weighted by atomic mass is 9.95. The summed E-state index contributed by atoms with van der Waals surface area (Å²) in [5, 5.41) is 13.0. The second-order valence-electron chi connectivity index (χ2n) is 9.08. The van der Waals surface area contributed by atoms with Crippen LogP contribution in [0.5, 0.6) is 0 Å². The molecule has 1 fully saturated rings. The molecule has 1 aliphatic heterocycles. The second-order valence-corrected chi connectivity index (χ2v) is 9.08. The van der Waals surface area contributed by atoms with Gasteiger partial charge in [0.1, 0.15) is 35.4 Å². The van der Waals surface area contributed by atoms with E-state index >= 15 is 0 Å². The van der Waals surface area contributed by atoms with Crippen molar-refractivity contribution >= 4 is 11.6 Å². The zero-order valence-electron chi connectivity index (χ0n) is 19.9. The fourth-order valence-electron chi connectivity index (χ4n) is 4.44. The van der Waals surface area contributed by atoms with Gasteiger partial charge >= 0.3 is 0 Å². The number of aryl methyl sites for hydroxylation is 1. The number of nitrogens with one attached hydrogen (secondary N) is 1. The van der Waals surface area contributed by atoms with E-state index in [-0.39, 0.29) is 17.6 Å². The molecular weight excluding hydrogens is 431 g/mol. The van der Waals surface area contributed by atoms with Crippen LogP contribution >= 0.6 is 0 Å². The minimum atomic E-state index is -0.209. The van der Waals surface area contributed by atoms with Crippen molar-refractivity contribution < 1.29 is 4.39 Å². The lowest BCUT2D eigenvalue weighted by Crippen LogP contribution is -2.35. The molecule has 0 aliphatic carbocycles. The molecule has 1 aliphatic rings. The van der Waals surface area contributed by atoms with Crippen molar-refractivity contribution in [2.24, 2.45) is 0 Å². The first-order valence-electron chi connectivity index (χ1n) is 11.7. The number of nitrogen functional groups attached to an aromatic ring is 1. The van der Waals surface area contributed by atoms with Crippen molar-refractivity contribution in [2.75, 3.05) is 30.3 Å². The Bertz CT molecular complexity index is 1190. The van der Waals surface area contributed by atoms with Crippen LogP contribution in [-0.4, -0.2) is 45.2 Å². The molecule has 3 N–H and O–H groups in total. The van der Waals surface area contributed by atoms with Gasteiger partial charge in [-0.15, -0.1) is 0 Å². The van der Waals surface area contributed by atoms with Gasteiger partial charge in [-0.2, -0.15) is 5.26 Å². The predicted molar refractivity (Wildman–Crippen MR) is 131 cm³/mol. The van der Waals surface area contributed by atoms with Crippen LogP contribution in [0.25, 0.3) is 11.3 Å². The van der Waals surface area contributed by atoms with E-state index in [2.05, 4.69) is 50.9 Å². The Morgan fingerprint density at radius 2 is 2.03 bits per heavy atom. The van der Waals surface area contributed by atoms with E-state index in [1.165, 1.54) is 12.4 Å². The van der Waals surface area contributed by atoms with Crippen molar-refractivity contribution in [1.82, 2.24) is 24.8 Å². The summed E-state index contributed by atoms with van der Waals surface area (Å²) in [5.41, 5.74) is 8.60. The lowest BCUT2D eigenvalue weighted by molar-refractivity contribution is 0.453. The quantitative estimate of drug-likeness (QED) is 0.552. The van der Waals surface area contributed by atoms with Crippen molar-refractivity contribution in [3.8, 4) is 17.3 Å². The van der Waals surface area contributed by atoms with Crippen molar-refractivity contribution in [3.63, 3.8) is 0 Å². The highest BCUT2D eigenvalue weighted by Gasteiger charge is 2.27. The first-order valence-corrected chi connectivity index (χ1v) is 11.7. The topological polar surface area (TPSA) is 109 Å². The maximum atomic E-state index is 13.8. The Hall–Kier alpha value is -3.51. The van der Waals surface area contributed by atoms with Crippen LogP contribution in [0, 0.1) is 24.1 Å². The molecule has 34 heavy (non-hydrogen) atoms. The van der Waals surface area contributed by atoms with Crippen LogP contribution in [0.15, 0.2) is 30.7 Å². The molecule has 0 bridgehead atoms. The summed E-state index contributed by atoms with van der Waals surface area (Å²) >= 11 is 0. The molecule has 8 nitrogen and oxygen atoms in total. The first kappa shape index (κ1) is 23.6. The van der Waals surface area contributed by atoms with Crippen LogP contribution in [0.2, 0.25) is 0 Å². The molecule has 0 radical (unpaired) electrons. The Morgan fingerprint density at radius 1 is 1.26 bits per heavy atom. The van der Waals surface area contributed by atoms with Gasteiger partial charge < -0.3 is 20.5 Å². The van der Waals surface area contributed by atoms with Gasteiger partial charge in [0, 0.05) is 49.9 Å². The number of imidazole rings is 1. The van der Waals surface area contributed by atoms with E-state index in [1.807, 2.05) is 6.07 Å². The van der Waals surface area contributed by atoms with Gasteiger partial charge in [0.2, 0.25) is 0 Å². The van der Waals surface area contributed by atoms with Gasteiger partial charge in [-0.05, 0) is 43.5 Å². The monoisotopic (exact) mass is 462 g/mol. The molecule has 0 saturated carbocycles. The molecule has 1 saturated heterocycles. The van der Waals surface area contributed by atoms with Crippen LogP contribution in [0.3, 0.4) is 0 Å². The van der Waals surface area contributed by atoms with E-state index in [9.17, 15) is 9.65 Å². The lowest BCUT2D eigenvalue weighted by Gasteiger charge is -2.33. The molecule has 0 spiro atoms. The molecule has 0 atom stereocenters. The van der Waals surface area contributed by atoms with Gasteiger partial charge in [0.25, 0.3) is 0 Å². The Balaban J connectivity index is 1.56. The Morgan fingerprint density at radius 3 is 2.71 bits per heavy atom. The second kappa shape index (κ2) is 10.2. The Labute approximate surface area is 199 Å². The molecule has 3 heterocycles. The minimum absolute atomic E-state index is 0.209. The number of halogens is 1. The summed E-state index contributed by atoms with van der Waals surface area (Å²) in [4.78, 5) is 15.4. The number of piperidine rings is 1. The third-order valence-corrected chi connectivity index (χ3v) is 6.29. The third-order valence-electron chi connectivity index (χ3n) is 6.29. The number of hydrogen-bond donors (Lipinski definition) is 2. The fraction of sp³-hybridized carbons (Fsp3) is 0.440. The van der Waals surface area contributed by atoms with E-state index in [0.717, 1.165) is 56.1 Å².